The molecule has 30 heavy (non-hydrogen) atoms. The van der Waals surface area contributed by atoms with Crippen LogP contribution in [0.3, 0.4) is 0 Å². The second kappa shape index (κ2) is 9.97. The van der Waals surface area contributed by atoms with E-state index in [1.807, 2.05) is 6.07 Å². The molecule has 0 radical (unpaired) electrons. The van der Waals surface area contributed by atoms with Crippen molar-refractivity contribution in [3.8, 4) is 17.1 Å². The average molecular weight is 477 g/mol. The number of benzene rings is 2. The van der Waals surface area contributed by atoms with Crippen molar-refractivity contribution in [2.45, 2.75) is 13.0 Å². The molecule has 0 aliphatic heterocycles. The molecule has 2 N–H and O–H groups in total. The van der Waals surface area contributed by atoms with E-state index < -0.39 is 17.8 Å². The molecule has 2 amide bonds. The van der Waals surface area contributed by atoms with E-state index >= 15 is 0 Å². The Morgan fingerprint density at radius 1 is 1.17 bits per heavy atom. The van der Waals surface area contributed by atoms with Gasteiger partial charge in [0.25, 0.3) is 5.91 Å². The maximum Gasteiger partial charge on any atom is 0.316 e. The van der Waals surface area contributed by atoms with E-state index in [1.54, 1.807) is 25.1 Å². The standard InChI is InChI=1S/C20H18BrFN4O4/c1-12(29-16-4-2-3-14(21)11-16)18(27)23-9-10-24-19(28)20-25-17(26-30-20)13-5-7-15(22)8-6-13/h2-8,11-12H,9-10H2,1H3,(H,23,27)(H,24,28)/t12-/m0/s1. The summed E-state index contributed by atoms with van der Waals surface area (Å²) in [7, 11) is 0. The number of nitrogens with zero attached hydrogens (tertiary/aromatic N) is 2. The molecular weight excluding hydrogens is 459 g/mol. The summed E-state index contributed by atoms with van der Waals surface area (Å²) >= 11 is 3.34. The fraction of sp³-hybridized carbons (Fsp3) is 0.200. The molecule has 2 aromatic carbocycles. The minimum Gasteiger partial charge on any atom is -0.481 e. The molecule has 0 bridgehead atoms. The van der Waals surface area contributed by atoms with Gasteiger partial charge in [-0.2, -0.15) is 4.98 Å². The van der Waals surface area contributed by atoms with Crippen LogP contribution >= 0.6 is 15.9 Å². The molecule has 3 aromatic rings. The Bertz CT molecular complexity index is 1030. The zero-order valence-electron chi connectivity index (χ0n) is 15.9. The maximum absolute atomic E-state index is 13.0. The van der Waals surface area contributed by atoms with Crippen LogP contribution < -0.4 is 15.4 Å². The largest absolute Gasteiger partial charge is 0.481 e. The number of hydrogen-bond acceptors (Lipinski definition) is 6. The molecule has 0 aliphatic rings. The molecule has 3 rings (SSSR count). The van der Waals surface area contributed by atoms with E-state index in [9.17, 15) is 14.0 Å². The lowest BCUT2D eigenvalue weighted by Crippen LogP contribution is -2.40. The first-order chi connectivity index (χ1) is 14.4. The van der Waals surface area contributed by atoms with Crippen molar-refractivity contribution >= 4 is 27.7 Å². The van der Waals surface area contributed by atoms with Gasteiger partial charge in [0.1, 0.15) is 11.6 Å². The number of hydrogen-bond donors (Lipinski definition) is 2. The van der Waals surface area contributed by atoms with Gasteiger partial charge in [-0.25, -0.2) is 4.39 Å². The quantitative estimate of drug-likeness (QED) is 0.484. The lowest BCUT2D eigenvalue weighted by Gasteiger charge is -2.15. The first-order valence-electron chi connectivity index (χ1n) is 9.00. The number of ether oxygens (including phenoxy) is 1. The first kappa shape index (κ1) is 21.4. The molecule has 0 unspecified atom stereocenters. The summed E-state index contributed by atoms with van der Waals surface area (Å²) in [6.45, 7) is 1.97. The maximum atomic E-state index is 13.0. The number of carbonyl (C=O) groups excluding carboxylic acids is 2. The van der Waals surface area contributed by atoms with Gasteiger partial charge < -0.3 is 19.9 Å². The summed E-state index contributed by atoms with van der Waals surface area (Å²) in [6, 6.07) is 12.6. The Balaban J connectivity index is 1.42. The van der Waals surface area contributed by atoms with E-state index in [0.717, 1.165) is 4.47 Å². The highest BCUT2D eigenvalue weighted by atomic mass is 79.9. The fourth-order valence-electron chi connectivity index (χ4n) is 2.41. The van der Waals surface area contributed by atoms with Crippen LogP contribution in [0.25, 0.3) is 11.4 Å². The molecular formula is C20H18BrFN4O4. The average Bonchev–Trinajstić information content (AvgIpc) is 3.22. The molecule has 0 spiro atoms. The molecule has 156 valence electrons. The van der Waals surface area contributed by atoms with Crippen LogP contribution in [0.4, 0.5) is 4.39 Å². The third-order valence-corrected chi connectivity index (χ3v) is 4.40. The first-order valence-corrected chi connectivity index (χ1v) is 9.79. The van der Waals surface area contributed by atoms with Crippen LogP contribution in [-0.2, 0) is 4.79 Å². The van der Waals surface area contributed by atoms with Gasteiger partial charge in [0, 0.05) is 23.1 Å². The second-order valence-electron chi connectivity index (χ2n) is 6.19. The molecule has 8 nitrogen and oxygen atoms in total. The molecule has 1 aromatic heterocycles. The lowest BCUT2D eigenvalue weighted by molar-refractivity contribution is -0.127. The summed E-state index contributed by atoms with van der Waals surface area (Å²) in [4.78, 5) is 28.2. The Kier molecular flexibility index (Phi) is 7.12. The predicted molar refractivity (Wildman–Crippen MR) is 109 cm³/mol. The SMILES string of the molecule is C[C@H](Oc1cccc(Br)c1)C(=O)NCCNC(=O)c1nc(-c2ccc(F)cc2)no1. The topological polar surface area (TPSA) is 106 Å². The predicted octanol–water partition coefficient (Wildman–Crippen LogP) is 2.95. The van der Waals surface area contributed by atoms with Crippen LogP contribution in [0.5, 0.6) is 5.75 Å². The van der Waals surface area contributed by atoms with Gasteiger partial charge >= 0.3 is 11.8 Å². The zero-order valence-corrected chi connectivity index (χ0v) is 17.5. The van der Waals surface area contributed by atoms with Crippen molar-refractivity contribution in [1.82, 2.24) is 20.8 Å². The van der Waals surface area contributed by atoms with Crippen LogP contribution in [0, 0.1) is 5.82 Å². The number of nitrogens with one attached hydrogen (secondary N) is 2. The van der Waals surface area contributed by atoms with Crippen molar-refractivity contribution in [2.75, 3.05) is 13.1 Å². The summed E-state index contributed by atoms with van der Waals surface area (Å²) in [5.41, 5.74) is 0.519. The fourth-order valence-corrected chi connectivity index (χ4v) is 2.79. The molecule has 0 saturated heterocycles. The summed E-state index contributed by atoms with van der Waals surface area (Å²) in [5.74, 6) is -0.782. The van der Waals surface area contributed by atoms with Crippen molar-refractivity contribution in [3.63, 3.8) is 0 Å². The van der Waals surface area contributed by atoms with Gasteiger partial charge in [0.2, 0.25) is 5.82 Å². The number of halogens is 2. The zero-order chi connectivity index (χ0) is 21.5. The number of carbonyl (C=O) groups is 2. The van der Waals surface area contributed by atoms with Crippen molar-refractivity contribution < 1.29 is 23.2 Å². The number of aromatic nitrogens is 2. The van der Waals surface area contributed by atoms with Gasteiger partial charge in [0.15, 0.2) is 6.10 Å². The molecule has 0 aliphatic carbocycles. The van der Waals surface area contributed by atoms with E-state index in [-0.39, 0.29) is 30.7 Å². The van der Waals surface area contributed by atoms with Gasteiger partial charge in [-0.05, 0) is 49.4 Å². The normalized spacial score (nSPS) is 11.6. The van der Waals surface area contributed by atoms with Crippen molar-refractivity contribution in [1.29, 1.82) is 0 Å². The Morgan fingerprint density at radius 2 is 1.90 bits per heavy atom. The third-order valence-electron chi connectivity index (χ3n) is 3.91. The van der Waals surface area contributed by atoms with E-state index in [2.05, 4.69) is 36.7 Å². The van der Waals surface area contributed by atoms with E-state index in [0.29, 0.717) is 11.3 Å². The monoisotopic (exact) mass is 476 g/mol. The molecule has 0 fully saturated rings. The highest BCUT2D eigenvalue weighted by Crippen LogP contribution is 2.19. The van der Waals surface area contributed by atoms with Crippen molar-refractivity contribution in [2.24, 2.45) is 0 Å². The Morgan fingerprint density at radius 3 is 2.63 bits per heavy atom. The second-order valence-corrected chi connectivity index (χ2v) is 7.11. The molecule has 1 heterocycles. The Hall–Kier alpha value is -3.27. The number of amides is 2. The van der Waals surface area contributed by atoms with Gasteiger partial charge in [0.05, 0.1) is 0 Å². The third kappa shape index (κ3) is 5.86. The lowest BCUT2D eigenvalue weighted by atomic mass is 10.2. The highest BCUT2D eigenvalue weighted by Gasteiger charge is 2.17. The van der Waals surface area contributed by atoms with Crippen molar-refractivity contribution in [3.05, 3.63) is 64.7 Å². The summed E-state index contributed by atoms with van der Waals surface area (Å²) < 4.78 is 24.3. The smallest absolute Gasteiger partial charge is 0.316 e. The molecule has 10 heteroatoms. The van der Waals surface area contributed by atoms with Crippen LogP contribution in [0.2, 0.25) is 0 Å². The minimum atomic E-state index is -0.704. The molecule has 0 saturated carbocycles. The van der Waals surface area contributed by atoms with Crippen LogP contribution in [0.15, 0.2) is 57.5 Å². The summed E-state index contributed by atoms with van der Waals surface area (Å²) in [5, 5.41) is 8.94. The van der Waals surface area contributed by atoms with Crippen LogP contribution in [0.1, 0.15) is 17.6 Å². The minimum absolute atomic E-state index is 0.155. The van der Waals surface area contributed by atoms with Gasteiger partial charge in [-0.1, -0.05) is 27.2 Å². The van der Waals surface area contributed by atoms with Gasteiger partial charge in [-0.15, -0.1) is 0 Å². The highest BCUT2D eigenvalue weighted by molar-refractivity contribution is 9.10. The van der Waals surface area contributed by atoms with E-state index in [1.165, 1.54) is 24.3 Å². The van der Waals surface area contributed by atoms with Crippen LogP contribution in [-0.4, -0.2) is 41.1 Å². The summed E-state index contributed by atoms with van der Waals surface area (Å²) in [6.07, 6.45) is -0.704. The molecule has 1 atom stereocenters. The number of rotatable bonds is 8. The van der Waals surface area contributed by atoms with Gasteiger partial charge in [-0.3, -0.25) is 9.59 Å². The van der Waals surface area contributed by atoms with E-state index in [4.69, 9.17) is 9.26 Å². The Labute approximate surface area is 179 Å².